The lowest BCUT2D eigenvalue weighted by atomic mass is 10.2. The molecule has 0 bridgehead atoms. The molecule has 1 N–H and O–H groups in total. The minimum absolute atomic E-state index is 0.212. The maximum absolute atomic E-state index is 12.2. The number of aryl methyl sites for hydroxylation is 1. The molecule has 0 aliphatic heterocycles. The fraction of sp³-hybridized carbons (Fsp3) is 0.125. The summed E-state index contributed by atoms with van der Waals surface area (Å²) < 4.78 is 5.34. The molecule has 0 radical (unpaired) electrons. The van der Waals surface area contributed by atoms with Crippen molar-refractivity contribution in [1.82, 2.24) is 10.3 Å². The number of halogens is 2. The van der Waals surface area contributed by atoms with Crippen molar-refractivity contribution < 1.29 is 9.21 Å². The number of benzene rings is 1. The average molecular weight is 367 g/mol. The van der Waals surface area contributed by atoms with E-state index >= 15 is 0 Å². The van der Waals surface area contributed by atoms with Crippen LogP contribution in [0.15, 0.2) is 41.0 Å². The lowest BCUT2D eigenvalue weighted by Gasteiger charge is -2.05. The highest BCUT2D eigenvalue weighted by molar-refractivity contribution is 7.15. The Labute approximate surface area is 147 Å². The van der Waals surface area contributed by atoms with Crippen molar-refractivity contribution in [2.45, 2.75) is 13.5 Å². The van der Waals surface area contributed by atoms with Gasteiger partial charge in [-0.15, -0.1) is 11.3 Å². The van der Waals surface area contributed by atoms with E-state index in [1.807, 2.05) is 19.1 Å². The van der Waals surface area contributed by atoms with Crippen LogP contribution in [-0.4, -0.2) is 10.9 Å². The molecule has 3 rings (SSSR count). The van der Waals surface area contributed by atoms with Gasteiger partial charge in [0.25, 0.3) is 5.91 Å². The van der Waals surface area contributed by atoms with Gasteiger partial charge >= 0.3 is 0 Å². The number of carbonyl (C=O) groups is 1. The Kier molecular flexibility index (Phi) is 4.71. The van der Waals surface area contributed by atoms with Gasteiger partial charge in [0.1, 0.15) is 0 Å². The fourth-order valence-electron chi connectivity index (χ4n) is 2.00. The number of carbonyl (C=O) groups excluding carboxylic acids is 1. The molecule has 7 heteroatoms. The Morgan fingerprint density at radius 1 is 1.30 bits per heavy atom. The largest absolute Gasteiger partial charge is 0.462 e. The van der Waals surface area contributed by atoms with Gasteiger partial charge in [-0.3, -0.25) is 4.79 Å². The third kappa shape index (κ3) is 3.58. The summed E-state index contributed by atoms with van der Waals surface area (Å²) in [4.78, 5) is 17.6. The number of nitrogens with zero attached hydrogens (tertiary/aromatic N) is 1. The van der Waals surface area contributed by atoms with Crippen molar-refractivity contribution in [1.29, 1.82) is 0 Å². The number of hydrogen-bond donors (Lipinski definition) is 1. The topological polar surface area (TPSA) is 55.1 Å². The fourth-order valence-corrected chi connectivity index (χ4v) is 3.27. The van der Waals surface area contributed by atoms with Crippen LogP contribution in [0.4, 0.5) is 0 Å². The molecule has 0 saturated carbocycles. The average Bonchev–Trinajstić information content (AvgIpc) is 3.17. The van der Waals surface area contributed by atoms with Crippen LogP contribution in [0.3, 0.4) is 0 Å². The predicted molar refractivity (Wildman–Crippen MR) is 92.2 cm³/mol. The maximum Gasteiger partial charge on any atom is 0.251 e. The van der Waals surface area contributed by atoms with Gasteiger partial charge in [-0.05, 0) is 37.3 Å². The summed E-state index contributed by atoms with van der Waals surface area (Å²) in [6.07, 6.45) is 1.61. The van der Waals surface area contributed by atoms with E-state index in [0.717, 1.165) is 21.3 Å². The molecule has 0 aliphatic carbocycles. The summed E-state index contributed by atoms with van der Waals surface area (Å²) in [5.41, 5.74) is 1.34. The molecule has 0 spiro atoms. The van der Waals surface area contributed by atoms with Crippen molar-refractivity contribution in [3.8, 4) is 10.8 Å². The van der Waals surface area contributed by atoms with E-state index in [4.69, 9.17) is 27.6 Å². The first-order valence-electron chi connectivity index (χ1n) is 6.78. The number of thiazole rings is 1. The molecule has 0 aliphatic rings. The quantitative estimate of drug-likeness (QED) is 0.710. The van der Waals surface area contributed by atoms with E-state index in [2.05, 4.69) is 10.3 Å². The van der Waals surface area contributed by atoms with Crippen molar-refractivity contribution >= 4 is 40.4 Å². The number of rotatable bonds is 4. The summed E-state index contributed by atoms with van der Waals surface area (Å²) >= 11 is 13.3. The monoisotopic (exact) mass is 366 g/mol. The SMILES string of the molecule is Cc1nc(-c2ccco2)sc1CNC(=O)c1ccc(Cl)c(Cl)c1. The lowest BCUT2D eigenvalue weighted by molar-refractivity contribution is 0.0951. The number of aromatic nitrogens is 1. The highest BCUT2D eigenvalue weighted by Crippen LogP contribution is 2.28. The standard InChI is InChI=1S/C16H12Cl2N2O2S/c1-9-14(23-16(20-9)13-3-2-6-22-13)8-19-15(21)10-4-5-11(17)12(18)7-10/h2-7H,8H2,1H3,(H,19,21). The zero-order chi connectivity index (χ0) is 16.4. The molecular weight excluding hydrogens is 355 g/mol. The number of amides is 1. The van der Waals surface area contributed by atoms with Crippen LogP contribution in [0.25, 0.3) is 10.8 Å². The van der Waals surface area contributed by atoms with Crippen LogP contribution < -0.4 is 5.32 Å². The van der Waals surface area contributed by atoms with Gasteiger partial charge in [0.15, 0.2) is 10.8 Å². The van der Waals surface area contributed by atoms with Gasteiger partial charge in [0.05, 0.1) is 28.5 Å². The van der Waals surface area contributed by atoms with Crippen molar-refractivity contribution in [3.05, 3.63) is 62.8 Å². The Bertz CT molecular complexity index is 844. The van der Waals surface area contributed by atoms with Gasteiger partial charge in [0, 0.05) is 10.4 Å². The summed E-state index contributed by atoms with van der Waals surface area (Å²) in [6.45, 7) is 2.30. The molecule has 2 heterocycles. The molecule has 23 heavy (non-hydrogen) atoms. The molecule has 0 atom stereocenters. The highest BCUT2D eigenvalue weighted by atomic mass is 35.5. The maximum atomic E-state index is 12.2. The van der Waals surface area contributed by atoms with E-state index in [1.54, 1.807) is 24.5 Å². The summed E-state index contributed by atoms with van der Waals surface area (Å²) in [7, 11) is 0. The Morgan fingerprint density at radius 3 is 2.83 bits per heavy atom. The van der Waals surface area contributed by atoms with Gasteiger partial charge in [-0.1, -0.05) is 23.2 Å². The molecule has 4 nitrogen and oxygen atoms in total. The minimum Gasteiger partial charge on any atom is -0.462 e. The van der Waals surface area contributed by atoms with Crippen LogP contribution in [0.5, 0.6) is 0 Å². The summed E-state index contributed by atoms with van der Waals surface area (Å²) in [5, 5.41) is 4.43. The number of nitrogens with one attached hydrogen (secondary N) is 1. The Hall–Kier alpha value is -1.82. The normalized spacial score (nSPS) is 10.7. The van der Waals surface area contributed by atoms with Gasteiger partial charge in [-0.25, -0.2) is 4.98 Å². The molecular formula is C16H12Cl2N2O2S. The summed E-state index contributed by atoms with van der Waals surface area (Å²) in [6, 6.07) is 8.46. The Balaban J connectivity index is 1.70. The van der Waals surface area contributed by atoms with Crippen molar-refractivity contribution in [2.75, 3.05) is 0 Å². The first-order valence-corrected chi connectivity index (χ1v) is 8.35. The lowest BCUT2D eigenvalue weighted by Crippen LogP contribution is -2.22. The molecule has 1 amide bonds. The van der Waals surface area contributed by atoms with E-state index in [1.165, 1.54) is 11.3 Å². The van der Waals surface area contributed by atoms with Crippen LogP contribution in [0.1, 0.15) is 20.9 Å². The number of furan rings is 1. The van der Waals surface area contributed by atoms with Gasteiger partial charge in [-0.2, -0.15) is 0 Å². The third-order valence-corrected chi connectivity index (χ3v) is 5.13. The third-order valence-electron chi connectivity index (χ3n) is 3.22. The Morgan fingerprint density at radius 2 is 2.13 bits per heavy atom. The molecule has 118 valence electrons. The molecule has 0 saturated heterocycles. The first kappa shape index (κ1) is 16.1. The van der Waals surface area contributed by atoms with Crippen LogP contribution in [-0.2, 0) is 6.54 Å². The second kappa shape index (κ2) is 6.74. The van der Waals surface area contributed by atoms with Crippen LogP contribution in [0, 0.1) is 6.92 Å². The van der Waals surface area contributed by atoms with Crippen LogP contribution >= 0.6 is 34.5 Å². The minimum atomic E-state index is -0.212. The van der Waals surface area contributed by atoms with Gasteiger partial charge < -0.3 is 9.73 Å². The zero-order valence-electron chi connectivity index (χ0n) is 12.1. The van der Waals surface area contributed by atoms with Crippen LogP contribution in [0.2, 0.25) is 10.0 Å². The first-order chi connectivity index (χ1) is 11.0. The molecule has 1 aromatic carbocycles. The number of hydrogen-bond acceptors (Lipinski definition) is 4. The second-order valence-electron chi connectivity index (χ2n) is 4.82. The predicted octanol–water partition coefficient (Wildman–Crippen LogP) is 4.95. The molecule has 2 aromatic heterocycles. The van der Waals surface area contributed by atoms with Crippen molar-refractivity contribution in [2.24, 2.45) is 0 Å². The zero-order valence-corrected chi connectivity index (χ0v) is 14.4. The smallest absolute Gasteiger partial charge is 0.251 e. The second-order valence-corrected chi connectivity index (χ2v) is 6.71. The highest BCUT2D eigenvalue weighted by Gasteiger charge is 2.13. The summed E-state index contributed by atoms with van der Waals surface area (Å²) in [5.74, 6) is 0.510. The van der Waals surface area contributed by atoms with E-state index in [0.29, 0.717) is 22.2 Å². The molecule has 0 fully saturated rings. The van der Waals surface area contributed by atoms with E-state index < -0.39 is 0 Å². The van der Waals surface area contributed by atoms with Gasteiger partial charge in [0.2, 0.25) is 0 Å². The van der Waals surface area contributed by atoms with E-state index in [9.17, 15) is 4.79 Å². The molecule has 3 aromatic rings. The van der Waals surface area contributed by atoms with Crippen molar-refractivity contribution in [3.63, 3.8) is 0 Å². The molecule has 0 unspecified atom stereocenters. The van der Waals surface area contributed by atoms with E-state index in [-0.39, 0.29) is 5.91 Å².